The zero-order chi connectivity index (χ0) is 14.0. The second kappa shape index (κ2) is 5.33. The highest BCUT2D eigenvalue weighted by Gasteiger charge is 2.14. The van der Waals surface area contributed by atoms with Gasteiger partial charge in [-0.15, -0.1) is 0 Å². The zero-order valence-corrected chi connectivity index (χ0v) is 12.4. The fourth-order valence-electron chi connectivity index (χ4n) is 1.84. The van der Waals surface area contributed by atoms with Crippen molar-refractivity contribution in [1.29, 1.82) is 5.26 Å². The van der Waals surface area contributed by atoms with Gasteiger partial charge in [0, 0.05) is 11.5 Å². The minimum Gasteiger partial charge on any atom is -0.495 e. The molecule has 0 amide bonds. The van der Waals surface area contributed by atoms with Gasteiger partial charge in [0.15, 0.2) is 0 Å². The topological polar surface area (TPSA) is 62.9 Å². The maximum absolute atomic E-state index is 9.19. The summed E-state index contributed by atoms with van der Waals surface area (Å²) in [6.07, 6.45) is 0. The van der Waals surface area contributed by atoms with Crippen molar-refractivity contribution in [2.45, 2.75) is 6.92 Å². The summed E-state index contributed by atoms with van der Waals surface area (Å²) >= 11 is 3.42. The van der Waals surface area contributed by atoms with Gasteiger partial charge in [0.1, 0.15) is 23.2 Å². The molecule has 0 bridgehead atoms. The number of hydrogen-bond donors (Lipinski definition) is 1. The van der Waals surface area contributed by atoms with Crippen LogP contribution < -0.4 is 10.1 Å². The summed E-state index contributed by atoms with van der Waals surface area (Å²) in [6.45, 7) is 1.81. The minimum absolute atomic E-state index is 0.532. The Kier molecular flexibility index (Phi) is 3.76. The fraction of sp³-hybridized carbons (Fsp3) is 0.231. The first-order valence-corrected chi connectivity index (χ1v) is 6.40. The van der Waals surface area contributed by atoms with Crippen LogP contribution in [0.3, 0.4) is 0 Å². The molecule has 0 aliphatic heterocycles. The Morgan fingerprint density at radius 1 is 1.47 bits per heavy atom. The molecule has 5 nitrogen and oxygen atoms in total. The van der Waals surface area contributed by atoms with Crippen molar-refractivity contribution in [3.8, 4) is 11.8 Å². The molecular formula is C13H13BrN4O. The Hall–Kier alpha value is -2.00. The van der Waals surface area contributed by atoms with Crippen LogP contribution in [0.4, 0.5) is 11.5 Å². The first-order chi connectivity index (χ1) is 9.06. The van der Waals surface area contributed by atoms with Crippen LogP contribution >= 0.6 is 15.9 Å². The molecule has 19 heavy (non-hydrogen) atoms. The highest BCUT2D eigenvalue weighted by atomic mass is 79.9. The highest BCUT2D eigenvalue weighted by molar-refractivity contribution is 9.10. The Morgan fingerprint density at radius 3 is 2.84 bits per heavy atom. The lowest BCUT2D eigenvalue weighted by molar-refractivity contribution is 0.416. The predicted octanol–water partition coefficient (Wildman–Crippen LogP) is 3.11. The van der Waals surface area contributed by atoms with Gasteiger partial charge < -0.3 is 10.1 Å². The normalized spacial score (nSPS) is 10.1. The zero-order valence-electron chi connectivity index (χ0n) is 10.9. The number of hydrogen-bond acceptors (Lipinski definition) is 4. The van der Waals surface area contributed by atoms with E-state index in [4.69, 9.17) is 4.74 Å². The number of ether oxygens (including phenoxy) is 1. The SMILES string of the molecule is COc1ccc(Br)cc1Nc1c(C#N)c(C)nn1C. The molecule has 0 radical (unpaired) electrons. The van der Waals surface area contributed by atoms with E-state index in [-0.39, 0.29) is 0 Å². The maximum Gasteiger partial charge on any atom is 0.146 e. The predicted molar refractivity (Wildman–Crippen MR) is 76.6 cm³/mol. The van der Waals surface area contributed by atoms with Crippen LogP contribution in [0, 0.1) is 18.3 Å². The molecule has 0 saturated heterocycles. The number of nitriles is 1. The molecule has 2 aromatic rings. The van der Waals surface area contributed by atoms with Gasteiger partial charge in [-0.2, -0.15) is 10.4 Å². The highest BCUT2D eigenvalue weighted by Crippen LogP contribution is 2.32. The number of nitrogens with one attached hydrogen (secondary N) is 1. The van der Waals surface area contributed by atoms with E-state index in [2.05, 4.69) is 32.4 Å². The molecule has 1 aromatic carbocycles. The third-order valence-corrected chi connectivity index (χ3v) is 3.24. The van der Waals surface area contributed by atoms with Gasteiger partial charge in [-0.25, -0.2) is 0 Å². The van der Waals surface area contributed by atoms with Crippen molar-refractivity contribution < 1.29 is 4.74 Å². The average Bonchev–Trinajstić information content (AvgIpc) is 2.64. The number of halogens is 1. The lowest BCUT2D eigenvalue weighted by Crippen LogP contribution is -2.02. The van der Waals surface area contributed by atoms with Crippen molar-refractivity contribution >= 4 is 27.4 Å². The molecular weight excluding hydrogens is 308 g/mol. The van der Waals surface area contributed by atoms with Gasteiger partial charge in [-0.05, 0) is 25.1 Å². The summed E-state index contributed by atoms with van der Waals surface area (Å²) in [7, 11) is 3.40. The number of aryl methyl sites for hydroxylation is 2. The molecule has 1 N–H and O–H groups in total. The fourth-order valence-corrected chi connectivity index (χ4v) is 2.20. The van der Waals surface area contributed by atoms with Gasteiger partial charge in [-0.3, -0.25) is 4.68 Å². The van der Waals surface area contributed by atoms with Crippen LogP contribution in [0.2, 0.25) is 0 Å². The average molecular weight is 321 g/mol. The molecule has 0 unspecified atom stereocenters. The molecule has 0 spiro atoms. The van der Waals surface area contributed by atoms with Crippen LogP contribution in [-0.2, 0) is 7.05 Å². The molecule has 0 atom stereocenters. The molecule has 0 fully saturated rings. The standard InChI is InChI=1S/C13H13BrN4O/c1-8-10(7-15)13(18(2)17-8)16-11-6-9(14)4-5-12(11)19-3/h4-6,16H,1-3H3. The van der Waals surface area contributed by atoms with Crippen LogP contribution in [-0.4, -0.2) is 16.9 Å². The monoisotopic (exact) mass is 320 g/mol. The quantitative estimate of drug-likeness (QED) is 0.943. The van der Waals surface area contributed by atoms with Crippen LogP contribution in [0.5, 0.6) is 5.75 Å². The number of nitrogens with zero attached hydrogens (tertiary/aromatic N) is 3. The second-order valence-corrected chi connectivity index (χ2v) is 4.93. The number of benzene rings is 1. The van der Waals surface area contributed by atoms with E-state index in [1.54, 1.807) is 18.8 Å². The Labute approximate surface area is 119 Å². The third kappa shape index (κ3) is 2.56. The van der Waals surface area contributed by atoms with Gasteiger partial charge >= 0.3 is 0 Å². The van der Waals surface area contributed by atoms with E-state index >= 15 is 0 Å². The summed E-state index contributed by atoms with van der Waals surface area (Å²) in [5.74, 6) is 1.35. The molecule has 2 rings (SSSR count). The second-order valence-electron chi connectivity index (χ2n) is 4.01. The lowest BCUT2D eigenvalue weighted by Gasteiger charge is -2.12. The number of rotatable bonds is 3. The Bertz CT molecular complexity index is 657. The van der Waals surface area contributed by atoms with Gasteiger partial charge in [0.05, 0.1) is 18.5 Å². The van der Waals surface area contributed by atoms with Gasteiger partial charge in [0.2, 0.25) is 0 Å². The van der Waals surface area contributed by atoms with Crippen molar-refractivity contribution in [3.63, 3.8) is 0 Å². The van der Waals surface area contributed by atoms with Gasteiger partial charge in [-0.1, -0.05) is 15.9 Å². The molecule has 6 heteroatoms. The van der Waals surface area contributed by atoms with E-state index in [0.717, 1.165) is 10.2 Å². The minimum atomic E-state index is 0.532. The number of aromatic nitrogens is 2. The van der Waals surface area contributed by atoms with Crippen LogP contribution in [0.15, 0.2) is 22.7 Å². The molecule has 0 saturated carbocycles. The summed E-state index contributed by atoms with van der Waals surface area (Å²) < 4.78 is 7.87. The summed E-state index contributed by atoms with van der Waals surface area (Å²) in [5.41, 5.74) is 2.00. The number of methoxy groups -OCH3 is 1. The van der Waals surface area contributed by atoms with E-state index in [1.807, 2.05) is 25.1 Å². The van der Waals surface area contributed by atoms with E-state index in [1.165, 1.54) is 0 Å². The molecule has 1 aromatic heterocycles. The summed E-state index contributed by atoms with van der Waals surface area (Å²) in [6, 6.07) is 7.79. The van der Waals surface area contributed by atoms with Crippen molar-refractivity contribution in [3.05, 3.63) is 33.9 Å². The molecule has 0 aliphatic carbocycles. The van der Waals surface area contributed by atoms with E-state index in [9.17, 15) is 5.26 Å². The van der Waals surface area contributed by atoms with Crippen molar-refractivity contribution in [1.82, 2.24) is 9.78 Å². The van der Waals surface area contributed by atoms with Crippen molar-refractivity contribution in [2.75, 3.05) is 12.4 Å². The first kappa shape index (κ1) is 13.4. The smallest absolute Gasteiger partial charge is 0.146 e. The Balaban J connectivity index is 2.47. The molecule has 0 aliphatic rings. The Morgan fingerprint density at radius 2 is 2.21 bits per heavy atom. The first-order valence-electron chi connectivity index (χ1n) is 5.61. The van der Waals surface area contributed by atoms with Gasteiger partial charge in [0.25, 0.3) is 0 Å². The number of anilines is 2. The lowest BCUT2D eigenvalue weighted by atomic mass is 10.2. The molecule has 98 valence electrons. The van der Waals surface area contributed by atoms with E-state index in [0.29, 0.717) is 22.8 Å². The third-order valence-electron chi connectivity index (χ3n) is 2.75. The largest absolute Gasteiger partial charge is 0.495 e. The van der Waals surface area contributed by atoms with Crippen LogP contribution in [0.1, 0.15) is 11.3 Å². The summed E-state index contributed by atoms with van der Waals surface area (Å²) in [4.78, 5) is 0. The van der Waals surface area contributed by atoms with E-state index < -0.39 is 0 Å². The summed E-state index contributed by atoms with van der Waals surface area (Å²) in [5, 5.41) is 16.6. The molecule has 1 heterocycles. The van der Waals surface area contributed by atoms with Crippen LogP contribution in [0.25, 0.3) is 0 Å². The van der Waals surface area contributed by atoms with Crippen molar-refractivity contribution in [2.24, 2.45) is 7.05 Å². The maximum atomic E-state index is 9.19.